The Morgan fingerprint density at radius 1 is 1.36 bits per heavy atom. The van der Waals surface area contributed by atoms with Crippen LogP contribution in [0, 0.1) is 12.3 Å². The third-order valence-electron chi connectivity index (χ3n) is 2.28. The average molecular weight is 213 g/mol. The van der Waals surface area contributed by atoms with E-state index in [-0.39, 0.29) is 11.5 Å². The van der Waals surface area contributed by atoms with E-state index in [0.717, 1.165) is 11.3 Å². The molecular formula is C11H17ClN2. The Hall–Kier alpha value is -0.600. The molecule has 14 heavy (non-hydrogen) atoms. The largest absolute Gasteiger partial charge is 0.323 e. The molecule has 0 aliphatic heterocycles. The fourth-order valence-corrected chi connectivity index (χ4v) is 1.55. The Morgan fingerprint density at radius 2 is 1.93 bits per heavy atom. The van der Waals surface area contributed by atoms with Crippen molar-refractivity contribution >= 4 is 11.6 Å². The number of pyridine rings is 1. The molecule has 0 saturated heterocycles. The van der Waals surface area contributed by atoms with Crippen molar-refractivity contribution in [2.75, 3.05) is 0 Å². The van der Waals surface area contributed by atoms with Gasteiger partial charge < -0.3 is 5.73 Å². The minimum atomic E-state index is -0.0805. The van der Waals surface area contributed by atoms with Gasteiger partial charge in [0.1, 0.15) is 5.15 Å². The van der Waals surface area contributed by atoms with E-state index in [1.165, 1.54) is 0 Å². The zero-order valence-electron chi connectivity index (χ0n) is 9.13. The summed E-state index contributed by atoms with van der Waals surface area (Å²) in [7, 11) is 0. The summed E-state index contributed by atoms with van der Waals surface area (Å²) in [5.41, 5.74) is 7.94. The van der Waals surface area contributed by atoms with Gasteiger partial charge >= 0.3 is 0 Å². The monoisotopic (exact) mass is 212 g/mol. The van der Waals surface area contributed by atoms with Gasteiger partial charge in [0, 0.05) is 17.3 Å². The van der Waals surface area contributed by atoms with E-state index >= 15 is 0 Å². The van der Waals surface area contributed by atoms with E-state index in [2.05, 4.69) is 25.8 Å². The minimum absolute atomic E-state index is 0.000574. The zero-order chi connectivity index (χ0) is 10.9. The second-order valence-corrected chi connectivity index (χ2v) is 5.03. The molecule has 2 N–H and O–H groups in total. The SMILES string of the molecule is Cc1ccc(C(N)C(C)(C)C)c(Cl)n1. The van der Waals surface area contributed by atoms with Crippen molar-refractivity contribution in [3.63, 3.8) is 0 Å². The number of aromatic nitrogens is 1. The second kappa shape index (κ2) is 3.87. The molecule has 1 aromatic rings. The molecule has 0 spiro atoms. The van der Waals surface area contributed by atoms with E-state index < -0.39 is 0 Å². The number of nitrogens with two attached hydrogens (primary N) is 1. The smallest absolute Gasteiger partial charge is 0.134 e. The molecule has 0 bridgehead atoms. The second-order valence-electron chi connectivity index (χ2n) is 4.68. The Morgan fingerprint density at radius 3 is 2.36 bits per heavy atom. The van der Waals surface area contributed by atoms with Crippen LogP contribution in [0.4, 0.5) is 0 Å². The molecular weight excluding hydrogens is 196 g/mol. The first-order valence-electron chi connectivity index (χ1n) is 4.71. The minimum Gasteiger partial charge on any atom is -0.323 e. The first-order valence-corrected chi connectivity index (χ1v) is 5.09. The van der Waals surface area contributed by atoms with Gasteiger partial charge in [-0.25, -0.2) is 4.98 Å². The normalized spacial score (nSPS) is 14.1. The van der Waals surface area contributed by atoms with Gasteiger partial charge in [0.15, 0.2) is 0 Å². The molecule has 2 nitrogen and oxygen atoms in total. The molecule has 0 saturated carbocycles. The summed E-state index contributed by atoms with van der Waals surface area (Å²) in [5, 5.41) is 0.521. The Balaban J connectivity index is 3.08. The molecule has 78 valence electrons. The van der Waals surface area contributed by atoms with Gasteiger partial charge in [0.25, 0.3) is 0 Å². The standard InChI is InChI=1S/C11H17ClN2/c1-7-5-6-8(10(12)14-7)9(13)11(2,3)4/h5-6,9H,13H2,1-4H3. The van der Waals surface area contributed by atoms with Crippen LogP contribution in [0.25, 0.3) is 0 Å². The van der Waals surface area contributed by atoms with Gasteiger partial charge in [0.2, 0.25) is 0 Å². The molecule has 1 aromatic heterocycles. The van der Waals surface area contributed by atoms with Crippen molar-refractivity contribution in [2.45, 2.75) is 33.7 Å². The lowest BCUT2D eigenvalue weighted by atomic mass is 9.83. The highest BCUT2D eigenvalue weighted by molar-refractivity contribution is 6.30. The maximum atomic E-state index is 6.10. The fraction of sp³-hybridized carbons (Fsp3) is 0.545. The van der Waals surface area contributed by atoms with E-state index in [1.807, 2.05) is 19.1 Å². The molecule has 1 unspecified atom stereocenters. The molecule has 0 fully saturated rings. The number of nitrogens with zero attached hydrogens (tertiary/aromatic N) is 1. The van der Waals surface area contributed by atoms with Crippen molar-refractivity contribution < 1.29 is 0 Å². The third kappa shape index (κ3) is 2.46. The summed E-state index contributed by atoms with van der Waals surface area (Å²) >= 11 is 6.04. The molecule has 0 aromatic carbocycles. The maximum Gasteiger partial charge on any atom is 0.134 e. The van der Waals surface area contributed by atoms with Gasteiger partial charge in [-0.1, -0.05) is 38.4 Å². The lowest BCUT2D eigenvalue weighted by Gasteiger charge is -2.27. The van der Waals surface area contributed by atoms with E-state index in [9.17, 15) is 0 Å². The van der Waals surface area contributed by atoms with Crippen molar-refractivity contribution in [3.05, 3.63) is 28.5 Å². The first kappa shape index (κ1) is 11.5. The van der Waals surface area contributed by atoms with E-state index in [4.69, 9.17) is 17.3 Å². The lowest BCUT2D eigenvalue weighted by molar-refractivity contribution is 0.326. The van der Waals surface area contributed by atoms with Crippen molar-refractivity contribution in [1.82, 2.24) is 4.98 Å². The summed E-state index contributed by atoms with van der Waals surface area (Å²) in [4.78, 5) is 4.19. The lowest BCUT2D eigenvalue weighted by Crippen LogP contribution is -2.26. The first-order chi connectivity index (χ1) is 6.32. The molecule has 0 radical (unpaired) electrons. The average Bonchev–Trinajstić information content (AvgIpc) is 2.01. The van der Waals surface area contributed by atoms with Gasteiger partial charge in [-0.2, -0.15) is 0 Å². The molecule has 0 amide bonds. The number of hydrogen-bond donors (Lipinski definition) is 1. The van der Waals surface area contributed by atoms with Gasteiger partial charge in [-0.15, -0.1) is 0 Å². The molecule has 0 aliphatic rings. The van der Waals surface area contributed by atoms with Crippen molar-refractivity contribution in [3.8, 4) is 0 Å². The number of halogens is 1. The Bertz CT molecular complexity index is 329. The highest BCUT2D eigenvalue weighted by atomic mass is 35.5. The molecule has 1 rings (SSSR count). The summed E-state index contributed by atoms with van der Waals surface area (Å²) in [6.07, 6.45) is 0. The fourth-order valence-electron chi connectivity index (χ4n) is 1.23. The van der Waals surface area contributed by atoms with Gasteiger partial charge in [-0.05, 0) is 18.4 Å². The van der Waals surface area contributed by atoms with Crippen molar-refractivity contribution in [1.29, 1.82) is 0 Å². The van der Waals surface area contributed by atoms with Crippen molar-refractivity contribution in [2.24, 2.45) is 11.1 Å². The predicted molar refractivity (Wildman–Crippen MR) is 60.4 cm³/mol. The predicted octanol–water partition coefficient (Wildman–Crippen LogP) is 3.09. The van der Waals surface area contributed by atoms with Crippen LogP contribution in [-0.4, -0.2) is 4.98 Å². The summed E-state index contributed by atoms with van der Waals surface area (Å²) in [5.74, 6) is 0. The Kier molecular flexibility index (Phi) is 3.17. The van der Waals surface area contributed by atoms with Crippen LogP contribution in [0.5, 0.6) is 0 Å². The summed E-state index contributed by atoms with van der Waals surface area (Å²) in [6, 6.07) is 3.82. The highest BCUT2D eigenvalue weighted by Gasteiger charge is 2.24. The molecule has 1 heterocycles. The number of aryl methyl sites for hydroxylation is 1. The van der Waals surface area contributed by atoms with E-state index in [0.29, 0.717) is 5.15 Å². The molecule has 1 atom stereocenters. The highest BCUT2D eigenvalue weighted by Crippen LogP contribution is 2.33. The van der Waals surface area contributed by atoms with Crippen LogP contribution in [-0.2, 0) is 0 Å². The van der Waals surface area contributed by atoms with E-state index in [1.54, 1.807) is 0 Å². The quantitative estimate of drug-likeness (QED) is 0.727. The van der Waals surface area contributed by atoms with Crippen LogP contribution in [0.2, 0.25) is 5.15 Å². The van der Waals surface area contributed by atoms with Gasteiger partial charge in [0.05, 0.1) is 0 Å². The van der Waals surface area contributed by atoms with Crippen LogP contribution < -0.4 is 5.73 Å². The zero-order valence-corrected chi connectivity index (χ0v) is 9.89. The third-order valence-corrected chi connectivity index (χ3v) is 2.59. The topological polar surface area (TPSA) is 38.9 Å². The van der Waals surface area contributed by atoms with Crippen LogP contribution >= 0.6 is 11.6 Å². The molecule has 0 aliphatic carbocycles. The summed E-state index contributed by atoms with van der Waals surface area (Å²) < 4.78 is 0. The van der Waals surface area contributed by atoms with Crippen LogP contribution in [0.1, 0.15) is 38.1 Å². The number of rotatable bonds is 1. The maximum absolute atomic E-state index is 6.10. The number of hydrogen-bond acceptors (Lipinski definition) is 2. The Labute approximate surface area is 90.5 Å². The van der Waals surface area contributed by atoms with Crippen LogP contribution in [0.15, 0.2) is 12.1 Å². The van der Waals surface area contributed by atoms with Crippen LogP contribution in [0.3, 0.4) is 0 Å². The molecule has 3 heteroatoms. The summed E-state index contributed by atoms with van der Waals surface area (Å²) in [6.45, 7) is 8.19. The van der Waals surface area contributed by atoms with Gasteiger partial charge in [-0.3, -0.25) is 0 Å².